The summed E-state index contributed by atoms with van der Waals surface area (Å²) in [5, 5.41) is 2.86. The summed E-state index contributed by atoms with van der Waals surface area (Å²) in [6, 6.07) is 11.3. The van der Waals surface area contributed by atoms with E-state index in [-0.39, 0.29) is 23.8 Å². The second-order valence-corrected chi connectivity index (χ2v) is 7.48. The van der Waals surface area contributed by atoms with Crippen LogP contribution in [0, 0.1) is 5.82 Å². The monoisotopic (exact) mass is 381 g/mol. The molecule has 2 heterocycles. The van der Waals surface area contributed by atoms with E-state index in [0.29, 0.717) is 17.7 Å². The highest BCUT2D eigenvalue weighted by Crippen LogP contribution is 2.34. The number of rotatable bonds is 3. The van der Waals surface area contributed by atoms with Gasteiger partial charge in [0.25, 0.3) is 11.8 Å². The quantitative estimate of drug-likeness (QED) is 0.885. The highest BCUT2D eigenvalue weighted by atomic mass is 19.1. The van der Waals surface area contributed by atoms with Crippen molar-refractivity contribution in [1.82, 2.24) is 10.2 Å². The van der Waals surface area contributed by atoms with Crippen LogP contribution in [0.5, 0.6) is 0 Å². The third kappa shape index (κ3) is 3.46. The van der Waals surface area contributed by atoms with Crippen molar-refractivity contribution in [2.75, 3.05) is 18.5 Å². The lowest BCUT2D eigenvalue weighted by molar-refractivity contribution is 0.0661. The summed E-state index contributed by atoms with van der Waals surface area (Å²) in [6.07, 6.45) is 4.28. The molecule has 0 saturated carbocycles. The fraction of sp³-hybridized carbons (Fsp3) is 0.364. The van der Waals surface area contributed by atoms with E-state index in [1.807, 2.05) is 11.9 Å². The van der Waals surface area contributed by atoms with Gasteiger partial charge in [0.1, 0.15) is 12.0 Å². The molecule has 146 valence electrons. The first-order valence-electron chi connectivity index (χ1n) is 9.75. The Bertz CT molecular complexity index is 897. The maximum absolute atomic E-state index is 13.0. The molecule has 1 saturated heterocycles. The molecule has 1 atom stereocenters. The zero-order valence-corrected chi connectivity index (χ0v) is 16.0. The van der Waals surface area contributed by atoms with Gasteiger partial charge in [-0.25, -0.2) is 4.39 Å². The van der Waals surface area contributed by atoms with Gasteiger partial charge < -0.3 is 15.1 Å². The van der Waals surface area contributed by atoms with E-state index < -0.39 is 0 Å². The Morgan fingerprint density at radius 2 is 1.93 bits per heavy atom. The molecule has 2 aromatic rings. The first-order chi connectivity index (χ1) is 13.5. The van der Waals surface area contributed by atoms with Crippen molar-refractivity contribution in [2.24, 2.45) is 0 Å². The zero-order chi connectivity index (χ0) is 19.7. The molecule has 0 spiro atoms. The number of nitrogens with one attached hydrogen (secondary N) is 1. The Labute approximate surface area is 164 Å². The van der Waals surface area contributed by atoms with Gasteiger partial charge in [0.05, 0.1) is 11.3 Å². The molecular formula is C22H24FN3O2. The predicted octanol–water partition coefficient (Wildman–Crippen LogP) is 3.55. The standard InChI is InChI=1S/C22H24FN3O2/c1-25-19-13-16(21(27)24-14-15-6-9-17(23)10-7-15)8-11-18(19)22(28)26-12-4-2-3-5-20(25)26/h6-11,13,20H,2-5,12,14H2,1H3,(H,24,27)/t20-/m1/s1. The fourth-order valence-electron chi connectivity index (χ4n) is 4.08. The number of hydrogen-bond donors (Lipinski definition) is 1. The number of anilines is 1. The number of halogens is 1. The summed E-state index contributed by atoms with van der Waals surface area (Å²) in [7, 11) is 1.99. The molecule has 2 aliphatic heterocycles. The zero-order valence-electron chi connectivity index (χ0n) is 16.0. The van der Waals surface area contributed by atoms with Gasteiger partial charge >= 0.3 is 0 Å². The van der Waals surface area contributed by atoms with Crippen LogP contribution in [-0.4, -0.2) is 36.5 Å². The maximum Gasteiger partial charge on any atom is 0.257 e. The minimum Gasteiger partial charge on any atom is -0.354 e. The highest BCUT2D eigenvalue weighted by molar-refractivity contribution is 6.04. The van der Waals surface area contributed by atoms with Crippen molar-refractivity contribution < 1.29 is 14.0 Å². The summed E-state index contributed by atoms with van der Waals surface area (Å²) >= 11 is 0. The van der Waals surface area contributed by atoms with Crippen LogP contribution in [0.15, 0.2) is 42.5 Å². The van der Waals surface area contributed by atoms with Gasteiger partial charge in [-0.1, -0.05) is 18.6 Å². The predicted molar refractivity (Wildman–Crippen MR) is 106 cm³/mol. The first-order valence-corrected chi connectivity index (χ1v) is 9.75. The number of amides is 2. The van der Waals surface area contributed by atoms with E-state index in [2.05, 4.69) is 10.2 Å². The van der Waals surface area contributed by atoms with Gasteiger partial charge in [-0.3, -0.25) is 9.59 Å². The number of carbonyl (C=O) groups is 2. The number of carbonyl (C=O) groups excluding carboxylic acids is 2. The molecule has 0 aromatic heterocycles. The largest absolute Gasteiger partial charge is 0.354 e. The Hall–Kier alpha value is -2.89. The summed E-state index contributed by atoms with van der Waals surface area (Å²) in [4.78, 5) is 29.6. The second kappa shape index (κ2) is 7.62. The maximum atomic E-state index is 13.0. The van der Waals surface area contributed by atoms with Crippen molar-refractivity contribution in [3.8, 4) is 0 Å². The van der Waals surface area contributed by atoms with Gasteiger partial charge in [-0.05, 0) is 55.2 Å². The molecule has 1 fully saturated rings. The van der Waals surface area contributed by atoms with Crippen molar-refractivity contribution in [3.63, 3.8) is 0 Å². The van der Waals surface area contributed by atoms with Gasteiger partial charge in [0.2, 0.25) is 0 Å². The summed E-state index contributed by atoms with van der Waals surface area (Å²) < 4.78 is 13.0. The van der Waals surface area contributed by atoms with E-state index in [1.165, 1.54) is 12.1 Å². The molecule has 4 rings (SSSR count). The van der Waals surface area contributed by atoms with Gasteiger partial charge in [0, 0.05) is 25.7 Å². The Kier molecular flexibility index (Phi) is 5.03. The van der Waals surface area contributed by atoms with Crippen molar-refractivity contribution in [2.45, 2.75) is 38.4 Å². The number of benzene rings is 2. The van der Waals surface area contributed by atoms with Crippen LogP contribution < -0.4 is 10.2 Å². The van der Waals surface area contributed by atoms with E-state index in [1.54, 1.807) is 30.3 Å². The topological polar surface area (TPSA) is 52.7 Å². The Morgan fingerprint density at radius 1 is 1.14 bits per heavy atom. The average molecular weight is 381 g/mol. The van der Waals surface area contributed by atoms with Crippen LogP contribution in [0.25, 0.3) is 0 Å². The molecule has 2 aromatic carbocycles. The summed E-state index contributed by atoms with van der Waals surface area (Å²) in [5.41, 5.74) is 2.80. The first kappa shape index (κ1) is 18.5. The smallest absolute Gasteiger partial charge is 0.257 e. The normalized spacial score (nSPS) is 18.9. The minimum atomic E-state index is -0.301. The van der Waals surface area contributed by atoms with Gasteiger partial charge in [0.15, 0.2) is 0 Å². The Balaban J connectivity index is 1.54. The third-order valence-corrected chi connectivity index (χ3v) is 5.67. The molecule has 5 nitrogen and oxygen atoms in total. The number of hydrogen-bond acceptors (Lipinski definition) is 3. The van der Waals surface area contributed by atoms with Crippen LogP contribution in [0.3, 0.4) is 0 Å². The fourth-order valence-corrected chi connectivity index (χ4v) is 4.08. The van der Waals surface area contributed by atoms with Crippen LogP contribution in [0.1, 0.15) is 52.0 Å². The Morgan fingerprint density at radius 3 is 2.71 bits per heavy atom. The molecule has 2 aliphatic rings. The van der Waals surface area contributed by atoms with Crippen LogP contribution in [-0.2, 0) is 6.54 Å². The molecule has 6 heteroatoms. The van der Waals surface area contributed by atoms with E-state index in [4.69, 9.17) is 0 Å². The number of fused-ring (bicyclic) bond motifs is 2. The van der Waals surface area contributed by atoms with Gasteiger partial charge in [-0.2, -0.15) is 0 Å². The van der Waals surface area contributed by atoms with Gasteiger partial charge in [-0.15, -0.1) is 0 Å². The molecule has 1 N–H and O–H groups in total. The lowest BCUT2D eigenvalue weighted by Gasteiger charge is -2.43. The number of nitrogens with zero attached hydrogens (tertiary/aromatic N) is 2. The highest BCUT2D eigenvalue weighted by Gasteiger charge is 2.36. The molecule has 2 amide bonds. The van der Waals surface area contributed by atoms with E-state index in [9.17, 15) is 14.0 Å². The lowest BCUT2D eigenvalue weighted by Crippen LogP contribution is -2.53. The minimum absolute atomic E-state index is 0.0540. The molecule has 0 aliphatic carbocycles. The molecule has 28 heavy (non-hydrogen) atoms. The molecule has 0 unspecified atom stereocenters. The summed E-state index contributed by atoms with van der Waals surface area (Å²) in [6.45, 7) is 1.11. The molecular weight excluding hydrogens is 357 g/mol. The van der Waals surface area contributed by atoms with Crippen molar-refractivity contribution in [1.29, 1.82) is 0 Å². The average Bonchev–Trinajstić information content (AvgIpc) is 2.97. The van der Waals surface area contributed by atoms with E-state index >= 15 is 0 Å². The van der Waals surface area contributed by atoms with Crippen LogP contribution in [0.2, 0.25) is 0 Å². The third-order valence-electron chi connectivity index (χ3n) is 5.67. The van der Waals surface area contributed by atoms with Crippen molar-refractivity contribution in [3.05, 3.63) is 65.0 Å². The van der Waals surface area contributed by atoms with Crippen LogP contribution >= 0.6 is 0 Å². The lowest BCUT2D eigenvalue weighted by atomic mass is 10.0. The van der Waals surface area contributed by atoms with Crippen LogP contribution in [0.4, 0.5) is 10.1 Å². The second-order valence-electron chi connectivity index (χ2n) is 7.48. The van der Waals surface area contributed by atoms with E-state index in [0.717, 1.165) is 43.5 Å². The molecule has 0 radical (unpaired) electrons. The SMILES string of the molecule is CN1c2cc(C(=O)NCc3ccc(F)cc3)ccc2C(=O)N2CCCCC[C@@H]21. The summed E-state index contributed by atoms with van der Waals surface area (Å²) in [5.74, 6) is -0.459. The van der Waals surface area contributed by atoms with Crippen molar-refractivity contribution >= 4 is 17.5 Å². The molecule has 0 bridgehead atoms.